The first-order valence-electron chi connectivity index (χ1n) is 5.39. The van der Waals surface area contributed by atoms with Gasteiger partial charge in [0, 0.05) is 18.8 Å². The molecule has 4 heteroatoms. The SMILES string of the molecule is CCCc1nccn1-c1cccc(CCl)n1. The zero-order chi connectivity index (χ0) is 11.4. The smallest absolute Gasteiger partial charge is 0.138 e. The van der Waals surface area contributed by atoms with Gasteiger partial charge >= 0.3 is 0 Å². The van der Waals surface area contributed by atoms with Crippen molar-refractivity contribution in [2.45, 2.75) is 25.6 Å². The minimum absolute atomic E-state index is 0.436. The molecule has 3 nitrogen and oxygen atoms in total. The van der Waals surface area contributed by atoms with Crippen LogP contribution in [-0.4, -0.2) is 14.5 Å². The number of alkyl halides is 1. The molecule has 0 aromatic carbocycles. The zero-order valence-corrected chi connectivity index (χ0v) is 9.98. The average molecular weight is 236 g/mol. The monoisotopic (exact) mass is 235 g/mol. The van der Waals surface area contributed by atoms with Crippen molar-refractivity contribution >= 4 is 11.6 Å². The van der Waals surface area contributed by atoms with E-state index in [4.69, 9.17) is 11.6 Å². The summed E-state index contributed by atoms with van der Waals surface area (Å²) < 4.78 is 2.01. The molecule has 0 bridgehead atoms. The molecule has 2 aromatic rings. The normalized spacial score (nSPS) is 10.6. The summed E-state index contributed by atoms with van der Waals surface area (Å²) in [4.78, 5) is 8.80. The van der Waals surface area contributed by atoms with Crippen LogP contribution in [-0.2, 0) is 12.3 Å². The van der Waals surface area contributed by atoms with Crippen LogP contribution in [0.25, 0.3) is 5.82 Å². The summed E-state index contributed by atoms with van der Waals surface area (Å²) in [6.45, 7) is 2.14. The van der Waals surface area contributed by atoms with Gasteiger partial charge in [-0.2, -0.15) is 0 Å². The minimum atomic E-state index is 0.436. The van der Waals surface area contributed by atoms with Gasteiger partial charge in [-0.15, -0.1) is 11.6 Å². The highest BCUT2D eigenvalue weighted by Gasteiger charge is 2.05. The van der Waals surface area contributed by atoms with Crippen LogP contribution < -0.4 is 0 Å². The molecule has 0 atom stereocenters. The summed E-state index contributed by atoms with van der Waals surface area (Å²) >= 11 is 5.77. The number of hydrogen-bond donors (Lipinski definition) is 0. The van der Waals surface area contributed by atoms with E-state index in [9.17, 15) is 0 Å². The first kappa shape index (κ1) is 11.1. The second-order valence-electron chi connectivity index (χ2n) is 3.58. The topological polar surface area (TPSA) is 30.7 Å². The number of rotatable bonds is 4. The number of nitrogens with zero attached hydrogens (tertiary/aromatic N) is 3. The Hall–Kier alpha value is -1.35. The summed E-state index contributed by atoms with van der Waals surface area (Å²) in [5, 5.41) is 0. The van der Waals surface area contributed by atoms with Crippen molar-refractivity contribution in [1.82, 2.24) is 14.5 Å². The number of pyridine rings is 1. The Labute approximate surface area is 100 Å². The maximum atomic E-state index is 5.77. The lowest BCUT2D eigenvalue weighted by Crippen LogP contribution is -2.03. The van der Waals surface area contributed by atoms with Gasteiger partial charge in [0.05, 0.1) is 11.6 Å². The molecular formula is C12H14ClN3. The van der Waals surface area contributed by atoms with Crippen molar-refractivity contribution in [2.75, 3.05) is 0 Å². The molecular weight excluding hydrogens is 222 g/mol. The fraction of sp³-hybridized carbons (Fsp3) is 0.333. The van der Waals surface area contributed by atoms with Crippen molar-refractivity contribution in [1.29, 1.82) is 0 Å². The van der Waals surface area contributed by atoms with Crippen LogP contribution in [0, 0.1) is 0 Å². The second kappa shape index (κ2) is 5.12. The van der Waals surface area contributed by atoms with Crippen LogP contribution in [0.5, 0.6) is 0 Å². The fourth-order valence-corrected chi connectivity index (χ4v) is 1.78. The lowest BCUT2D eigenvalue weighted by molar-refractivity contribution is 0.796. The second-order valence-corrected chi connectivity index (χ2v) is 3.85. The van der Waals surface area contributed by atoms with Gasteiger partial charge in [-0.1, -0.05) is 13.0 Å². The van der Waals surface area contributed by atoms with Gasteiger partial charge in [0.1, 0.15) is 11.6 Å². The van der Waals surface area contributed by atoms with Crippen LogP contribution >= 0.6 is 11.6 Å². The molecule has 0 amide bonds. The van der Waals surface area contributed by atoms with Crippen LogP contribution in [0.15, 0.2) is 30.6 Å². The van der Waals surface area contributed by atoms with Gasteiger partial charge in [0.2, 0.25) is 0 Å². The van der Waals surface area contributed by atoms with Crippen molar-refractivity contribution in [3.05, 3.63) is 42.1 Å². The standard InChI is InChI=1S/C12H14ClN3/c1-2-4-11-14-7-8-16(11)12-6-3-5-10(9-13)15-12/h3,5-8H,2,4,9H2,1H3. The molecule has 16 heavy (non-hydrogen) atoms. The first-order valence-corrected chi connectivity index (χ1v) is 5.93. The number of imidazole rings is 1. The minimum Gasteiger partial charge on any atom is -0.288 e. The number of hydrogen-bond acceptors (Lipinski definition) is 2. The summed E-state index contributed by atoms with van der Waals surface area (Å²) in [5.41, 5.74) is 0.885. The van der Waals surface area contributed by atoms with E-state index in [2.05, 4.69) is 16.9 Å². The Morgan fingerprint density at radius 2 is 2.25 bits per heavy atom. The maximum Gasteiger partial charge on any atom is 0.138 e. The third-order valence-corrected chi connectivity index (χ3v) is 2.64. The maximum absolute atomic E-state index is 5.77. The lowest BCUT2D eigenvalue weighted by Gasteiger charge is -2.06. The molecule has 0 radical (unpaired) electrons. The van der Waals surface area contributed by atoms with E-state index in [1.54, 1.807) is 6.20 Å². The lowest BCUT2D eigenvalue weighted by atomic mass is 10.3. The summed E-state index contributed by atoms with van der Waals surface area (Å²) in [7, 11) is 0. The molecule has 0 aliphatic heterocycles. The third kappa shape index (κ3) is 2.25. The largest absolute Gasteiger partial charge is 0.288 e. The van der Waals surface area contributed by atoms with Gasteiger partial charge in [0.25, 0.3) is 0 Å². The highest BCUT2D eigenvalue weighted by molar-refractivity contribution is 6.16. The molecule has 0 saturated heterocycles. The Bertz CT molecular complexity index is 465. The number of halogens is 1. The van der Waals surface area contributed by atoms with Crippen LogP contribution in [0.3, 0.4) is 0 Å². The third-order valence-electron chi connectivity index (χ3n) is 2.37. The Kier molecular flexibility index (Phi) is 3.57. The predicted octanol–water partition coefficient (Wildman–Crippen LogP) is 2.96. The van der Waals surface area contributed by atoms with Crippen LogP contribution in [0.1, 0.15) is 24.9 Å². The van der Waals surface area contributed by atoms with Crippen molar-refractivity contribution < 1.29 is 0 Å². The van der Waals surface area contributed by atoms with Crippen LogP contribution in [0.4, 0.5) is 0 Å². The van der Waals surface area contributed by atoms with Gasteiger partial charge in [0.15, 0.2) is 0 Å². The van der Waals surface area contributed by atoms with Gasteiger partial charge in [-0.3, -0.25) is 4.57 Å². The Balaban J connectivity index is 2.37. The zero-order valence-electron chi connectivity index (χ0n) is 9.23. The molecule has 2 rings (SSSR count). The van der Waals surface area contributed by atoms with E-state index in [1.807, 2.05) is 29.0 Å². The molecule has 84 valence electrons. The van der Waals surface area contributed by atoms with Crippen molar-refractivity contribution in [3.8, 4) is 5.82 Å². The molecule has 2 aromatic heterocycles. The average Bonchev–Trinajstić information content (AvgIpc) is 2.78. The fourth-order valence-electron chi connectivity index (χ4n) is 1.63. The predicted molar refractivity (Wildman–Crippen MR) is 64.9 cm³/mol. The molecule has 2 heterocycles. The van der Waals surface area contributed by atoms with Gasteiger partial charge < -0.3 is 0 Å². The molecule has 0 fully saturated rings. The van der Waals surface area contributed by atoms with E-state index >= 15 is 0 Å². The Morgan fingerprint density at radius 3 is 3.00 bits per heavy atom. The molecule has 0 saturated carbocycles. The highest BCUT2D eigenvalue weighted by atomic mass is 35.5. The van der Waals surface area contributed by atoms with E-state index < -0.39 is 0 Å². The quantitative estimate of drug-likeness (QED) is 0.763. The highest BCUT2D eigenvalue weighted by Crippen LogP contribution is 2.11. The van der Waals surface area contributed by atoms with E-state index in [-0.39, 0.29) is 0 Å². The van der Waals surface area contributed by atoms with Crippen LogP contribution in [0.2, 0.25) is 0 Å². The van der Waals surface area contributed by atoms with Gasteiger partial charge in [-0.05, 0) is 18.6 Å². The summed E-state index contributed by atoms with van der Waals surface area (Å²) in [5.74, 6) is 2.37. The molecule has 0 aliphatic rings. The molecule has 0 spiro atoms. The van der Waals surface area contributed by atoms with Crippen molar-refractivity contribution in [3.63, 3.8) is 0 Å². The van der Waals surface area contributed by atoms with E-state index in [0.29, 0.717) is 5.88 Å². The van der Waals surface area contributed by atoms with E-state index in [1.165, 1.54) is 0 Å². The molecule has 0 aliphatic carbocycles. The van der Waals surface area contributed by atoms with E-state index in [0.717, 1.165) is 30.2 Å². The van der Waals surface area contributed by atoms with Crippen molar-refractivity contribution in [2.24, 2.45) is 0 Å². The molecule has 0 N–H and O–H groups in total. The van der Waals surface area contributed by atoms with Gasteiger partial charge in [-0.25, -0.2) is 9.97 Å². The summed E-state index contributed by atoms with van der Waals surface area (Å²) in [6.07, 6.45) is 5.78. The first-order chi connectivity index (χ1) is 7.85. The number of aryl methyl sites for hydroxylation is 1. The molecule has 0 unspecified atom stereocenters. The Morgan fingerprint density at radius 1 is 1.38 bits per heavy atom. The summed E-state index contributed by atoms with van der Waals surface area (Å²) in [6, 6.07) is 5.86. The number of aromatic nitrogens is 3.